The average Bonchev–Trinajstić information content (AvgIpc) is 2.09. The van der Waals surface area contributed by atoms with Gasteiger partial charge in [0.25, 0.3) is 0 Å². The first-order valence-corrected chi connectivity index (χ1v) is 5.98. The molecule has 0 aromatic rings. The summed E-state index contributed by atoms with van der Waals surface area (Å²) in [6, 6.07) is 2.19. The molecular formula is C10H19BrN2. The first kappa shape index (κ1) is 12.9. The van der Waals surface area contributed by atoms with E-state index < -0.39 is 0 Å². The third-order valence-electron chi connectivity index (χ3n) is 1.77. The molecule has 0 saturated heterocycles. The molecule has 0 rings (SSSR count). The summed E-state index contributed by atoms with van der Waals surface area (Å²) in [6.45, 7) is 7.56. The van der Waals surface area contributed by atoms with E-state index in [4.69, 9.17) is 5.26 Å². The molecule has 3 heteroatoms. The lowest BCUT2D eigenvalue weighted by Crippen LogP contribution is -2.30. The number of rotatable bonds is 7. The number of nitriles is 1. The Hall–Kier alpha value is -0.0700. The van der Waals surface area contributed by atoms with Gasteiger partial charge >= 0.3 is 0 Å². The lowest BCUT2D eigenvalue weighted by molar-refractivity contribution is 0.250. The quantitative estimate of drug-likeness (QED) is 0.646. The molecule has 0 aliphatic carbocycles. The van der Waals surface area contributed by atoms with Gasteiger partial charge in [0.05, 0.1) is 6.07 Å². The Morgan fingerprint density at radius 1 is 1.38 bits per heavy atom. The van der Waals surface area contributed by atoms with Gasteiger partial charge in [0.1, 0.15) is 0 Å². The fourth-order valence-electron chi connectivity index (χ4n) is 1.30. The maximum atomic E-state index is 8.49. The van der Waals surface area contributed by atoms with Crippen LogP contribution >= 0.6 is 15.9 Å². The zero-order chi connectivity index (χ0) is 10.1. The summed E-state index contributed by atoms with van der Waals surface area (Å²) in [6.07, 6.45) is 1.81. The molecule has 0 unspecified atom stereocenters. The molecule has 2 nitrogen and oxygen atoms in total. The Labute approximate surface area is 90.0 Å². The van der Waals surface area contributed by atoms with Crippen molar-refractivity contribution in [1.82, 2.24) is 4.90 Å². The van der Waals surface area contributed by atoms with Crippen LogP contribution < -0.4 is 0 Å². The highest BCUT2D eigenvalue weighted by molar-refractivity contribution is 9.09. The van der Waals surface area contributed by atoms with Crippen LogP contribution in [0.25, 0.3) is 0 Å². The third kappa shape index (κ3) is 8.27. The molecule has 0 fully saturated rings. The van der Waals surface area contributed by atoms with E-state index in [2.05, 4.69) is 40.7 Å². The second kappa shape index (κ2) is 8.52. The van der Waals surface area contributed by atoms with Gasteiger partial charge in [-0.05, 0) is 18.9 Å². The maximum Gasteiger partial charge on any atom is 0.0635 e. The smallest absolute Gasteiger partial charge is 0.0635 e. The predicted molar refractivity (Wildman–Crippen MR) is 59.9 cm³/mol. The Kier molecular flexibility index (Phi) is 8.48. The number of alkyl halides is 1. The van der Waals surface area contributed by atoms with Crippen LogP contribution in [0.2, 0.25) is 0 Å². The second-order valence-electron chi connectivity index (χ2n) is 3.65. The van der Waals surface area contributed by atoms with Crippen molar-refractivity contribution < 1.29 is 0 Å². The second-order valence-corrected chi connectivity index (χ2v) is 4.44. The monoisotopic (exact) mass is 246 g/mol. The lowest BCUT2D eigenvalue weighted by Gasteiger charge is -2.22. The fourth-order valence-corrected chi connectivity index (χ4v) is 1.55. The maximum absolute atomic E-state index is 8.49. The van der Waals surface area contributed by atoms with Crippen LogP contribution in [-0.2, 0) is 0 Å². The van der Waals surface area contributed by atoms with Crippen molar-refractivity contribution in [2.24, 2.45) is 5.92 Å². The fraction of sp³-hybridized carbons (Fsp3) is 0.900. The van der Waals surface area contributed by atoms with Crippen LogP contribution in [0.3, 0.4) is 0 Å². The number of hydrogen-bond donors (Lipinski definition) is 0. The summed E-state index contributed by atoms with van der Waals surface area (Å²) in [4.78, 5) is 2.37. The zero-order valence-corrected chi connectivity index (χ0v) is 10.2. The van der Waals surface area contributed by atoms with Crippen molar-refractivity contribution in [3.05, 3.63) is 0 Å². The Balaban J connectivity index is 3.67. The predicted octanol–water partition coefficient (Wildman–Crippen LogP) is 2.64. The van der Waals surface area contributed by atoms with E-state index in [1.54, 1.807) is 0 Å². The summed E-state index contributed by atoms with van der Waals surface area (Å²) >= 11 is 3.42. The average molecular weight is 247 g/mol. The van der Waals surface area contributed by atoms with E-state index in [9.17, 15) is 0 Å². The van der Waals surface area contributed by atoms with E-state index in [1.165, 1.54) is 0 Å². The van der Waals surface area contributed by atoms with Crippen molar-refractivity contribution >= 4 is 15.9 Å². The minimum atomic E-state index is 0.648. The SMILES string of the molecule is CC(C)CN(CCC#N)CCCBr. The zero-order valence-electron chi connectivity index (χ0n) is 8.59. The molecule has 0 aliphatic heterocycles. The minimum absolute atomic E-state index is 0.648. The lowest BCUT2D eigenvalue weighted by atomic mass is 10.2. The Morgan fingerprint density at radius 3 is 2.54 bits per heavy atom. The molecule has 0 saturated carbocycles. The van der Waals surface area contributed by atoms with Gasteiger partial charge in [0.2, 0.25) is 0 Å². The molecule has 0 amide bonds. The molecule has 0 atom stereocenters. The molecule has 0 bridgehead atoms. The van der Waals surface area contributed by atoms with Crippen molar-refractivity contribution in [3.8, 4) is 6.07 Å². The molecule has 0 radical (unpaired) electrons. The highest BCUT2D eigenvalue weighted by Gasteiger charge is 2.05. The molecule has 0 N–H and O–H groups in total. The van der Waals surface area contributed by atoms with Gasteiger partial charge in [-0.2, -0.15) is 5.26 Å². The van der Waals surface area contributed by atoms with E-state index in [1.807, 2.05) is 0 Å². The summed E-state index contributed by atoms with van der Waals surface area (Å²) in [5.41, 5.74) is 0. The normalized spacial score (nSPS) is 10.8. The van der Waals surface area contributed by atoms with Gasteiger partial charge in [0.15, 0.2) is 0 Å². The van der Waals surface area contributed by atoms with E-state index >= 15 is 0 Å². The molecule has 0 heterocycles. The molecular weight excluding hydrogens is 228 g/mol. The van der Waals surface area contributed by atoms with Crippen LogP contribution in [0.5, 0.6) is 0 Å². The Bertz CT molecular complexity index is 151. The van der Waals surface area contributed by atoms with Crippen LogP contribution in [0.4, 0.5) is 0 Å². The van der Waals surface area contributed by atoms with E-state index in [0.717, 1.165) is 31.4 Å². The summed E-state index contributed by atoms with van der Waals surface area (Å²) in [5.74, 6) is 0.689. The molecule has 0 aromatic carbocycles. The summed E-state index contributed by atoms with van der Waals surface area (Å²) in [5, 5.41) is 9.54. The van der Waals surface area contributed by atoms with Crippen molar-refractivity contribution in [2.75, 3.05) is 25.0 Å². The molecule has 13 heavy (non-hydrogen) atoms. The van der Waals surface area contributed by atoms with Gasteiger partial charge < -0.3 is 4.90 Å². The van der Waals surface area contributed by atoms with Gasteiger partial charge in [0, 0.05) is 24.8 Å². The topological polar surface area (TPSA) is 27.0 Å². The van der Waals surface area contributed by atoms with Gasteiger partial charge in [-0.3, -0.25) is 0 Å². The van der Waals surface area contributed by atoms with Crippen LogP contribution in [0, 0.1) is 17.2 Å². The number of hydrogen-bond acceptors (Lipinski definition) is 2. The molecule has 0 aliphatic rings. The highest BCUT2D eigenvalue weighted by Crippen LogP contribution is 2.01. The van der Waals surface area contributed by atoms with Crippen LogP contribution in [0.1, 0.15) is 26.7 Å². The molecule has 0 aromatic heterocycles. The molecule has 0 spiro atoms. The number of nitrogens with zero attached hydrogens (tertiary/aromatic N) is 2. The van der Waals surface area contributed by atoms with E-state index in [0.29, 0.717) is 12.3 Å². The van der Waals surface area contributed by atoms with E-state index in [-0.39, 0.29) is 0 Å². The first-order valence-electron chi connectivity index (χ1n) is 4.86. The molecule has 76 valence electrons. The third-order valence-corrected chi connectivity index (χ3v) is 2.33. The number of halogens is 1. The summed E-state index contributed by atoms with van der Waals surface area (Å²) < 4.78 is 0. The van der Waals surface area contributed by atoms with Gasteiger partial charge in [-0.1, -0.05) is 29.8 Å². The minimum Gasteiger partial charge on any atom is -0.302 e. The standard InChI is InChI=1S/C10H19BrN2/c1-10(2)9-13(7-3-5-11)8-4-6-12/h10H,3-5,7-9H2,1-2H3. The Morgan fingerprint density at radius 2 is 2.08 bits per heavy atom. The van der Waals surface area contributed by atoms with Gasteiger partial charge in [-0.25, -0.2) is 0 Å². The van der Waals surface area contributed by atoms with Crippen molar-refractivity contribution in [3.63, 3.8) is 0 Å². The van der Waals surface area contributed by atoms with Gasteiger partial charge in [-0.15, -0.1) is 0 Å². The first-order chi connectivity index (χ1) is 6.20. The van der Waals surface area contributed by atoms with Crippen molar-refractivity contribution in [2.45, 2.75) is 26.7 Å². The largest absolute Gasteiger partial charge is 0.302 e. The summed E-state index contributed by atoms with van der Waals surface area (Å²) in [7, 11) is 0. The van der Waals surface area contributed by atoms with Crippen LogP contribution in [-0.4, -0.2) is 29.9 Å². The van der Waals surface area contributed by atoms with Crippen molar-refractivity contribution in [1.29, 1.82) is 5.26 Å². The van der Waals surface area contributed by atoms with Crippen LogP contribution in [0.15, 0.2) is 0 Å². The highest BCUT2D eigenvalue weighted by atomic mass is 79.9.